The van der Waals surface area contributed by atoms with Crippen molar-refractivity contribution in [3.05, 3.63) is 29.8 Å². The van der Waals surface area contributed by atoms with Crippen LogP contribution in [-0.2, 0) is 0 Å². The van der Waals surface area contributed by atoms with Gasteiger partial charge in [-0.2, -0.15) is 0 Å². The van der Waals surface area contributed by atoms with Crippen LogP contribution in [0.4, 0.5) is 5.69 Å². The third-order valence-electron chi connectivity index (χ3n) is 3.49. The average molecular weight is 248 g/mol. The summed E-state index contributed by atoms with van der Waals surface area (Å²) in [6.45, 7) is 10.8. The van der Waals surface area contributed by atoms with Gasteiger partial charge in [-0.1, -0.05) is 39.8 Å². The molecule has 18 heavy (non-hydrogen) atoms. The van der Waals surface area contributed by atoms with Crippen LogP contribution in [0.15, 0.2) is 24.3 Å². The molecule has 0 aliphatic heterocycles. The van der Waals surface area contributed by atoms with E-state index < -0.39 is 0 Å². The lowest BCUT2D eigenvalue weighted by Gasteiger charge is -2.31. The van der Waals surface area contributed by atoms with Crippen LogP contribution in [0.5, 0.6) is 0 Å². The second-order valence-corrected chi connectivity index (χ2v) is 6.31. The molecule has 2 N–H and O–H groups in total. The molecule has 0 amide bonds. The van der Waals surface area contributed by atoms with Crippen molar-refractivity contribution in [1.82, 2.24) is 0 Å². The zero-order valence-electron chi connectivity index (χ0n) is 12.5. The molecular formula is C16H28N2. The van der Waals surface area contributed by atoms with E-state index in [1.54, 1.807) is 0 Å². The maximum atomic E-state index is 5.66. The first-order valence-corrected chi connectivity index (χ1v) is 6.87. The Morgan fingerprint density at radius 3 is 2.17 bits per heavy atom. The SMILES string of the molecule is CC(C)c1ccc(N(C)CC(C)(C)CCN)cc1. The molecule has 0 saturated carbocycles. The van der Waals surface area contributed by atoms with Gasteiger partial charge in [-0.15, -0.1) is 0 Å². The molecule has 2 nitrogen and oxygen atoms in total. The summed E-state index contributed by atoms with van der Waals surface area (Å²) in [5.74, 6) is 0.595. The average Bonchev–Trinajstić information content (AvgIpc) is 2.28. The van der Waals surface area contributed by atoms with E-state index >= 15 is 0 Å². The molecule has 0 spiro atoms. The fourth-order valence-corrected chi connectivity index (χ4v) is 2.32. The molecule has 0 saturated heterocycles. The van der Waals surface area contributed by atoms with Gasteiger partial charge in [0.15, 0.2) is 0 Å². The number of nitrogens with two attached hydrogens (primary N) is 1. The topological polar surface area (TPSA) is 29.3 Å². The van der Waals surface area contributed by atoms with Crippen LogP contribution >= 0.6 is 0 Å². The normalized spacial score (nSPS) is 11.9. The Morgan fingerprint density at radius 1 is 1.17 bits per heavy atom. The highest BCUT2D eigenvalue weighted by molar-refractivity contribution is 5.47. The summed E-state index contributed by atoms with van der Waals surface area (Å²) >= 11 is 0. The molecule has 0 heterocycles. The molecule has 0 aliphatic carbocycles. The van der Waals surface area contributed by atoms with Crippen LogP contribution < -0.4 is 10.6 Å². The van der Waals surface area contributed by atoms with Crippen molar-refractivity contribution in [2.24, 2.45) is 11.1 Å². The fraction of sp³-hybridized carbons (Fsp3) is 0.625. The van der Waals surface area contributed by atoms with Gasteiger partial charge in [0.1, 0.15) is 0 Å². The Bertz CT molecular complexity index is 352. The number of hydrogen-bond donors (Lipinski definition) is 1. The van der Waals surface area contributed by atoms with Gasteiger partial charge in [-0.25, -0.2) is 0 Å². The molecule has 2 heteroatoms. The highest BCUT2D eigenvalue weighted by Crippen LogP contribution is 2.25. The molecule has 0 aromatic heterocycles. The highest BCUT2D eigenvalue weighted by Gasteiger charge is 2.19. The van der Waals surface area contributed by atoms with E-state index in [4.69, 9.17) is 5.73 Å². The van der Waals surface area contributed by atoms with Gasteiger partial charge >= 0.3 is 0 Å². The first-order valence-electron chi connectivity index (χ1n) is 6.87. The van der Waals surface area contributed by atoms with Gasteiger partial charge in [0.2, 0.25) is 0 Å². The van der Waals surface area contributed by atoms with Crippen molar-refractivity contribution < 1.29 is 0 Å². The molecule has 0 unspecified atom stereocenters. The molecule has 1 aromatic rings. The molecule has 1 aromatic carbocycles. The number of rotatable bonds is 6. The predicted octanol–water partition coefficient (Wildman–Crippen LogP) is 3.62. The van der Waals surface area contributed by atoms with Gasteiger partial charge in [-0.3, -0.25) is 0 Å². The quantitative estimate of drug-likeness (QED) is 0.833. The summed E-state index contributed by atoms with van der Waals surface area (Å²) in [5.41, 5.74) is 8.61. The largest absolute Gasteiger partial charge is 0.374 e. The van der Waals surface area contributed by atoms with E-state index in [1.807, 2.05) is 0 Å². The first-order chi connectivity index (χ1) is 8.35. The van der Waals surface area contributed by atoms with Crippen molar-refractivity contribution in [2.45, 2.75) is 40.0 Å². The maximum absolute atomic E-state index is 5.66. The van der Waals surface area contributed by atoms with Crippen molar-refractivity contribution in [3.63, 3.8) is 0 Å². The van der Waals surface area contributed by atoms with Crippen LogP contribution in [0, 0.1) is 5.41 Å². The summed E-state index contributed by atoms with van der Waals surface area (Å²) in [6, 6.07) is 8.89. The number of nitrogens with zero attached hydrogens (tertiary/aromatic N) is 1. The lowest BCUT2D eigenvalue weighted by Crippen LogP contribution is -2.32. The molecule has 0 fully saturated rings. The third-order valence-corrected chi connectivity index (χ3v) is 3.49. The summed E-state index contributed by atoms with van der Waals surface area (Å²) in [5, 5.41) is 0. The second kappa shape index (κ2) is 6.24. The fourth-order valence-electron chi connectivity index (χ4n) is 2.32. The van der Waals surface area contributed by atoms with Gasteiger partial charge in [0.05, 0.1) is 0 Å². The summed E-state index contributed by atoms with van der Waals surface area (Å²) < 4.78 is 0. The molecule has 1 rings (SSSR count). The first kappa shape index (κ1) is 15.0. The Kier molecular flexibility index (Phi) is 5.21. The van der Waals surface area contributed by atoms with Gasteiger partial charge in [-0.05, 0) is 42.0 Å². The molecule has 102 valence electrons. The zero-order valence-corrected chi connectivity index (χ0v) is 12.5. The number of anilines is 1. The Morgan fingerprint density at radius 2 is 1.72 bits per heavy atom. The molecule has 0 bridgehead atoms. The monoisotopic (exact) mass is 248 g/mol. The van der Waals surface area contributed by atoms with Gasteiger partial charge < -0.3 is 10.6 Å². The van der Waals surface area contributed by atoms with E-state index in [9.17, 15) is 0 Å². The van der Waals surface area contributed by atoms with Crippen molar-refractivity contribution in [1.29, 1.82) is 0 Å². The minimum absolute atomic E-state index is 0.264. The van der Waals surface area contributed by atoms with Crippen molar-refractivity contribution >= 4 is 5.69 Å². The molecular weight excluding hydrogens is 220 g/mol. The van der Waals surface area contributed by atoms with Crippen molar-refractivity contribution in [2.75, 3.05) is 25.0 Å². The molecule has 0 radical (unpaired) electrons. The molecule has 0 aliphatic rings. The standard InChI is InChI=1S/C16H28N2/c1-13(2)14-6-8-15(9-7-14)18(5)12-16(3,4)10-11-17/h6-9,13H,10-12,17H2,1-5H3. The van der Waals surface area contributed by atoms with E-state index in [0.29, 0.717) is 5.92 Å². The third kappa shape index (κ3) is 4.34. The Balaban J connectivity index is 2.69. The van der Waals surface area contributed by atoms with Crippen LogP contribution in [0.2, 0.25) is 0 Å². The van der Waals surface area contributed by atoms with E-state index in [1.165, 1.54) is 11.3 Å². The van der Waals surface area contributed by atoms with Gasteiger partial charge in [0, 0.05) is 19.3 Å². The Hall–Kier alpha value is -1.02. The minimum Gasteiger partial charge on any atom is -0.374 e. The number of benzene rings is 1. The van der Waals surface area contributed by atoms with Crippen molar-refractivity contribution in [3.8, 4) is 0 Å². The second-order valence-electron chi connectivity index (χ2n) is 6.31. The van der Waals surface area contributed by atoms with E-state index in [-0.39, 0.29) is 5.41 Å². The van der Waals surface area contributed by atoms with Crippen LogP contribution in [0.25, 0.3) is 0 Å². The minimum atomic E-state index is 0.264. The summed E-state index contributed by atoms with van der Waals surface area (Å²) in [4.78, 5) is 2.32. The van der Waals surface area contributed by atoms with Gasteiger partial charge in [0.25, 0.3) is 0 Å². The van der Waals surface area contributed by atoms with E-state index in [0.717, 1.165) is 19.5 Å². The smallest absolute Gasteiger partial charge is 0.0363 e. The highest BCUT2D eigenvalue weighted by atomic mass is 15.1. The Labute approximate surface area is 112 Å². The maximum Gasteiger partial charge on any atom is 0.0363 e. The summed E-state index contributed by atoms with van der Waals surface area (Å²) in [6.07, 6.45) is 1.06. The number of hydrogen-bond acceptors (Lipinski definition) is 2. The van der Waals surface area contributed by atoms with E-state index in [2.05, 4.69) is 63.9 Å². The molecule has 0 atom stereocenters. The van der Waals surface area contributed by atoms with Crippen LogP contribution in [-0.4, -0.2) is 20.1 Å². The predicted molar refractivity (Wildman–Crippen MR) is 81.3 cm³/mol. The van der Waals surface area contributed by atoms with Crippen LogP contribution in [0.3, 0.4) is 0 Å². The lowest BCUT2D eigenvalue weighted by molar-refractivity contribution is 0.347. The summed E-state index contributed by atoms with van der Waals surface area (Å²) in [7, 11) is 2.16. The lowest BCUT2D eigenvalue weighted by atomic mass is 9.88. The van der Waals surface area contributed by atoms with Crippen LogP contribution in [0.1, 0.15) is 45.6 Å². The zero-order chi connectivity index (χ0) is 13.8.